The second kappa shape index (κ2) is 8.41. The molecule has 0 spiro atoms. The smallest absolute Gasteiger partial charge is 0.332 e. The van der Waals surface area contributed by atoms with Gasteiger partial charge in [0.05, 0.1) is 27.5 Å². The van der Waals surface area contributed by atoms with Gasteiger partial charge in [0.25, 0.3) is 5.56 Å². The summed E-state index contributed by atoms with van der Waals surface area (Å²) in [6.45, 7) is -0.652. The predicted molar refractivity (Wildman–Crippen MR) is 117 cm³/mol. The van der Waals surface area contributed by atoms with E-state index in [1.165, 1.54) is 4.57 Å². The van der Waals surface area contributed by atoms with Gasteiger partial charge < -0.3 is 10.1 Å². The number of imidazole rings is 1. The fourth-order valence-corrected chi connectivity index (χ4v) is 3.74. The first-order chi connectivity index (χ1) is 14.8. The number of nitrogens with zero attached hydrogens (tertiary/aromatic N) is 3. The Morgan fingerprint density at radius 3 is 2.48 bits per heavy atom. The van der Waals surface area contributed by atoms with Crippen molar-refractivity contribution < 1.29 is 9.90 Å². The molecule has 31 heavy (non-hydrogen) atoms. The highest BCUT2D eigenvalue weighted by Gasteiger charge is 2.16. The minimum atomic E-state index is -1.29. The number of fused-ring (bicyclic) bond motifs is 1. The number of aromatic amines is 1. The number of carboxylic acid groups (broad SMARTS) is 1. The van der Waals surface area contributed by atoms with Gasteiger partial charge in [-0.15, -0.1) is 0 Å². The summed E-state index contributed by atoms with van der Waals surface area (Å²) in [4.78, 5) is 44.5. The maximum atomic E-state index is 13.0. The van der Waals surface area contributed by atoms with Crippen LogP contribution in [-0.2, 0) is 24.3 Å². The van der Waals surface area contributed by atoms with Crippen molar-refractivity contribution in [2.45, 2.75) is 19.5 Å². The molecular weight excluding hydrogens is 443 g/mol. The van der Waals surface area contributed by atoms with Crippen LogP contribution in [0.5, 0.6) is 0 Å². The summed E-state index contributed by atoms with van der Waals surface area (Å²) in [5.41, 5.74) is 0.490. The van der Waals surface area contributed by atoms with Crippen molar-refractivity contribution in [2.75, 3.05) is 0 Å². The van der Waals surface area contributed by atoms with Gasteiger partial charge in [0.1, 0.15) is 12.4 Å². The molecule has 2 N–H and O–H groups in total. The first kappa shape index (κ1) is 20.9. The van der Waals surface area contributed by atoms with E-state index >= 15 is 0 Å². The number of benzene rings is 2. The van der Waals surface area contributed by atoms with Crippen molar-refractivity contribution in [3.05, 3.63) is 96.6 Å². The van der Waals surface area contributed by atoms with E-state index in [1.807, 2.05) is 0 Å². The van der Waals surface area contributed by atoms with Gasteiger partial charge in [-0.3, -0.25) is 14.2 Å². The van der Waals surface area contributed by atoms with E-state index in [4.69, 9.17) is 23.2 Å². The number of aliphatic carboxylic acids is 1. The zero-order valence-corrected chi connectivity index (χ0v) is 17.5. The zero-order chi connectivity index (χ0) is 22.1. The molecule has 4 rings (SSSR count). The van der Waals surface area contributed by atoms with E-state index in [0.29, 0.717) is 33.4 Å². The lowest BCUT2D eigenvalue weighted by Gasteiger charge is -2.14. The number of aromatic nitrogens is 4. The molecule has 2 heterocycles. The second-order valence-electron chi connectivity index (χ2n) is 6.97. The number of hydrogen-bond donors (Lipinski definition) is 2. The number of nitrogens with one attached hydrogen (secondary N) is 1. The van der Waals surface area contributed by atoms with E-state index in [9.17, 15) is 19.5 Å². The summed E-state index contributed by atoms with van der Waals surface area (Å²) in [7, 11) is 0. The van der Waals surface area contributed by atoms with E-state index in [0.717, 1.165) is 10.1 Å². The van der Waals surface area contributed by atoms with E-state index in [1.54, 1.807) is 48.8 Å². The van der Waals surface area contributed by atoms with Crippen molar-refractivity contribution in [3.63, 3.8) is 0 Å². The number of rotatable bonds is 6. The molecule has 0 aliphatic heterocycles. The minimum absolute atomic E-state index is 0.0870. The molecule has 0 saturated heterocycles. The zero-order valence-electron chi connectivity index (χ0n) is 16.0. The molecule has 8 nitrogen and oxygen atoms in total. The highest BCUT2D eigenvalue weighted by molar-refractivity contribution is 6.42. The lowest BCUT2D eigenvalue weighted by Crippen LogP contribution is -2.41. The van der Waals surface area contributed by atoms with Crippen LogP contribution >= 0.6 is 23.2 Å². The van der Waals surface area contributed by atoms with Gasteiger partial charge in [-0.05, 0) is 35.4 Å². The van der Waals surface area contributed by atoms with Crippen molar-refractivity contribution in [2.24, 2.45) is 0 Å². The molecule has 10 heteroatoms. The molecule has 0 atom stereocenters. The molecule has 0 fully saturated rings. The fraction of sp³-hybridized carbons (Fsp3) is 0.143. The van der Waals surface area contributed by atoms with E-state index in [2.05, 4.69) is 9.97 Å². The number of H-pyrrole nitrogens is 1. The number of carbonyl (C=O) groups is 1. The van der Waals surface area contributed by atoms with Crippen LogP contribution in [0.25, 0.3) is 10.9 Å². The largest absolute Gasteiger partial charge is 0.480 e. The van der Waals surface area contributed by atoms with Gasteiger partial charge in [-0.1, -0.05) is 35.3 Å². The van der Waals surface area contributed by atoms with E-state index < -0.39 is 23.8 Å². The Kier molecular flexibility index (Phi) is 5.67. The van der Waals surface area contributed by atoms with Crippen LogP contribution in [-0.4, -0.2) is 30.2 Å². The molecule has 0 amide bonds. The van der Waals surface area contributed by atoms with Crippen molar-refractivity contribution in [1.82, 2.24) is 19.1 Å². The van der Waals surface area contributed by atoms with Crippen LogP contribution in [0.1, 0.15) is 17.0 Å². The predicted octanol–water partition coefficient (Wildman–Crippen LogP) is 2.92. The number of halogens is 2. The summed E-state index contributed by atoms with van der Waals surface area (Å²) in [5, 5.41) is 10.2. The highest BCUT2D eigenvalue weighted by Crippen LogP contribution is 2.23. The second-order valence-corrected chi connectivity index (χ2v) is 7.78. The van der Waals surface area contributed by atoms with Crippen molar-refractivity contribution in [3.8, 4) is 0 Å². The fourth-order valence-electron chi connectivity index (χ4n) is 3.42. The lowest BCUT2D eigenvalue weighted by molar-refractivity contribution is -0.137. The molecule has 0 unspecified atom stereocenters. The van der Waals surface area contributed by atoms with Crippen LogP contribution in [0.2, 0.25) is 10.0 Å². The van der Waals surface area contributed by atoms with E-state index in [-0.39, 0.29) is 11.9 Å². The summed E-state index contributed by atoms with van der Waals surface area (Å²) in [6.07, 6.45) is 3.78. The highest BCUT2D eigenvalue weighted by atomic mass is 35.5. The van der Waals surface area contributed by atoms with Crippen LogP contribution in [0.4, 0.5) is 0 Å². The average Bonchev–Trinajstić information content (AvgIpc) is 3.24. The van der Waals surface area contributed by atoms with Gasteiger partial charge in [0.2, 0.25) is 0 Å². The minimum Gasteiger partial charge on any atom is -0.480 e. The first-order valence-corrected chi connectivity index (χ1v) is 9.99. The summed E-state index contributed by atoms with van der Waals surface area (Å²) >= 11 is 12.1. The molecule has 2 aromatic heterocycles. The molecule has 0 bridgehead atoms. The number of carboxylic acids is 1. The van der Waals surface area contributed by atoms with Crippen LogP contribution in [0, 0.1) is 0 Å². The maximum Gasteiger partial charge on any atom is 0.332 e. The summed E-state index contributed by atoms with van der Waals surface area (Å²) in [6, 6.07) is 10.1. The monoisotopic (exact) mass is 458 g/mol. The van der Waals surface area contributed by atoms with Crippen LogP contribution < -0.4 is 11.2 Å². The Morgan fingerprint density at radius 2 is 1.81 bits per heavy atom. The van der Waals surface area contributed by atoms with Gasteiger partial charge in [0.15, 0.2) is 0 Å². The van der Waals surface area contributed by atoms with Gasteiger partial charge in [-0.2, -0.15) is 0 Å². The number of hydrogen-bond acceptors (Lipinski definition) is 4. The third-order valence-corrected chi connectivity index (χ3v) is 5.57. The van der Waals surface area contributed by atoms with Crippen molar-refractivity contribution in [1.29, 1.82) is 0 Å². The maximum absolute atomic E-state index is 13.0. The molecule has 0 saturated carbocycles. The first-order valence-electron chi connectivity index (χ1n) is 9.23. The van der Waals surface area contributed by atoms with Crippen LogP contribution in [0.3, 0.4) is 0 Å². The molecule has 4 aromatic rings. The Morgan fingerprint density at radius 1 is 1.03 bits per heavy atom. The van der Waals surface area contributed by atoms with Gasteiger partial charge in [-0.25, -0.2) is 14.3 Å². The third-order valence-electron chi connectivity index (χ3n) is 4.83. The SMILES string of the molecule is O=C(O)Cn1c(=O)c2cc(Cc3ncc[nH]3)ccc2n(Cc2ccc(Cl)c(Cl)c2)c1=O. The average molecular weight is 459 g/mol. The van der Waals surface area contributed by atoms with Gasteiger partial charge >= 0.3 is 11.7 Å². The summed E-state index contributed by atoms with van der Waals surface area (Å²) < 4.78 is 2.08. The molecular formula is C21H16Cl2N4O4. The summed E-state index contributed by atoms with van der Waals surface area (Å²) in [5.74, 6) is -0.569. The standard InChI is InChI=1S/C21H16Cl2N4O4/c22-15-3-1-13(8-16(15)23)10-26-17-4-2-12(9-18-24-5-6-25-18)7-14(17)20(30)27(21(26)31)11-19(28)29/h1-8H,9-11H2,(H,24,25)(H,28,29). The topological polar surface area (TPSA) is 110 Å². The Balaban J connectivity index is 1.90. The van der Waals surface area contributed by atoms with Gasteiger partial charge in [0, 0.05) is 18.8 Å². The quantitative estimate of drug-likeness (QED) is 0.461. The lowest BCUT2D eigenvalue weighted by atomic mass is 10.1. The molecule has 2 aromatic carbocycles. The Hall–Kier alpha value is -3.36. The molecule has 0 radical (unpaired) electrons. The third kappa shape index (κ3) is 4.26. The molecule has 0 aliphatic carbocycles. The Bertz CT molecular complexity index is 1410. The normalized spacial score (nSPS) is 11.2. The van der Waals surface area contributed by atoms with Crippen LogP contribution in [0.15, 0.2) is 58.4 Å². The van der Waals surface area contributed by atoms with Crippen molar-refractivity contribution >= 4 is 40.1 Å². The molecule has 0 aliphatic rings. The molecule has 158 valence electrons. The Labute approximate surface area is 185 Å².